The lowest BCUT2D eigenvalue weighted by Gasteiger charge is -2.14. The van der Waals surface area contributed by atoms with Crippen molar-refractivity contribution in [1.82, 2.24) is 5.32 Å². The molecule has 3 N–H and O–H groups in total. The van der Waals surface area contributed by atoms with Gasteiger partial charge in [0.25, 0.3) is 5.91 Å². The quantitative estimate of drug-likeness (QED) is 0.632. The average Bonchev–Trinajstić information content (AvgIpc) is 2.65. The predicted molar refractivity (Wildman–Crippen MR) is 108 cm³/mol. The normalized spacial score (nSPS) is 10.4. The summed E-state index contributed by atoms with van der Waals surface area (Å²) in [5.41, 5.74) is 1.86. The van der Waals surface area contributed by atoms with Gasteiger partial charge in [0.1, 0.15) is 5.75 Å². The fourth-order valence-electron chi connectivity index (χ4n) is 2.38. The molecule has 0 bridgehead atoms. The molecule has 2 aromatic rings. The van der Waals surface area contributed by atoms with E-state index in [9.17, 15) is 9.59 Å². The molecule has 0 aliphatic carbocycles. The van der Waals surface area contributed by atoms with Gasteiger partial charge in [-0.2, -0.15) is 0 Å². The Balaban J connectivity index is 1.93. The number of nitrogens with one attached hydrogen (secondary N) is 3. The smallest absolute Gasteiger partial charge is 0.251 e. The standard InChI is InChI=1S/C21H27N3O3/c1-4-22-21(26)16-8-7-9-17(12-16)24-20(25)13-23-18-10-5-6-11-19(18)27-14-15(2)3/h5-12,15,23H,4,13-14H2,1-3H3,(H,22,26)(H,24,25). The van der Waals surface area contributed by atoms with Crippen molar-refractivity contribution in [2.75, 3.05) is 30.3 Å². The van der Waals surface area contributed by atoms with E-state index in [1.54, 1.807) is 24.3 Å². The molecule has 6 nitrogen and oxygen atoms in total. The van der Waals surface area contributed by atoms with Gasteiger partial charge in [0.05, 0.1) is 18.8 Å². The Kier molecular flexibility index (Phi) is 7.67. The van der Waals surface area contributed by atoms with Crippen molar-refractivity contribution >= 4 is 23.2 Å². The van der Waals surface area contributed by atoms with E-state index in [1.807, 2.05) is 31.2 Å². The molecule has 6 heteroatoms. The summed E-state index contributed by atoms with van der Waals surface area (Å²) in [7, 11) is 0. The Labute approximate surface area is 160 Å². The van der Waals surface area contributed by atoms with Crippen molar-refractivity contribution in [2.45, 2.75) is 20.8 Å². The van der Waals surface area contributed by atoms with Crippen LogP contribution in [-0.2, 0) is 4.79 Å². The highest BCUT2D eigenvalue weighted by atomic mass is 16.5. The van der Waals surface area contributed by atoms with Gasteiger partial charge in [-0.25, -0.2) is 0 Å². The number of carbonyl (C=O) groups excluding carboxylic acids is 2. The van der Waals surface area contributed by atoms with Crippen LogP contribution in [0.1, 0.15) is 31.1 Å². The van der Waals surface area contributed by atoms with Gasteiger partial charge in [-0.05, 0) is 43.2 Å². The second kappa shape index (κ2) is 10.2. The zero-order chi connectivity index (χ0) is 19.6. The molecule has 144 valence electrons. The summed E-state index contributed by atoms with van der Waals surface area (Å²) >= 11 is 0. The van der Waals surface area contributed by atoms with E-state index in [1.165, 1.54) is 0 Å². The molecule has 27 heavy (non-hydrogen) atoms. The number of anilines is 2. The number of hydrogen-bond acceptors (Lipinski definition) is 4. The summed E-state index contributed by atoms with van der Waals surface area (Å²) in [5, 5.41) is 8.63. The lowest BCUT2D eigenvalue weighted by molar-refractivity contribution is -0.114. The molecular weight excluding hydrogens is 342 g/mol. The molecule has 2 amide bonds. The maximum atomic E-state index is 12.3. The predicted octanol–water partition coefficient (Wildman–Crippen LogP) is 3.52. The lowest BCUT2D eigenvalue weighted by atomic mass is 10.2. The van der Waals surface area contributed by atoms with Gasteiger partial charge in [-0.3, -0.25) is 9.59 Å². The zero-order valence-electron chi connectivity index (χ0n) is 16.0. The van der Waals surface area contributed by atoms with Crippen LogP contribution in [0.4, 0.5) is 11.4 Å². The van der Waals surface area contributed by atoms with Gasteiger partial charge in [-0.1, -0.05) is 32.0 Å². The van der Waals surface area contributed by atoms with Gasteiger partial charge in [0, 0.05) is 17.8 Å². The number of carbonyl (C=O) groups is 2. The maximum absolute atomic E-state index is 12.3. The van der Waals surface area contributed by atoms with Crippen LogP contribution in [-0.4, -0.2) is 31.5 Å². The zero-order valence-corrected chi connectivity index (χ0v) is 16.0. The summed E-state index contributed by atoms with van der Waals surface area (Å²) < 4.78 is 5.78. The fraction of sp³-hybridized carbons (Fsp3) is 0.333. The summed E-state index contributed by atoms with van der Waals surface area (Å²) in [6.45, 7) is 7.28. The number of rotatable bonds is 9. The molecule has 0 unspecified atom stereocenters. The highest BCUT2D eigenvalue weighted by Crippen LogP contribution is 2.24. The average molecular weight is 369 g/mol. The van der Waals surface area contributed by atoms with Gasteiger partial charge in [0.15, 0.2) is 0 Å². The molecule has 0 heterocycles. The van der Waals surface area contributed by atoms with Crippen LogP contribution in [0.2, 0.25) is 0 Å². The minimum Gasteiger partial charge on any atom is -0.491 e. The second-order valence-electron chi connectivity index (χ2n) is 6.54. The second-order valence-corrected chi connectivity index (χ2v) is 6.54. The number of ether oxygens (including phenoxy) is 1. The van der Waals surface area contributed by atoms with Crippen LogP contribution in [0.3, 0.4) is 0 Å². The largest absolute Gasteiger partial charge is 0.491 e. The summed E-state index contributed by atoms with van der Waals surface area (Å²) in [5.74, 6) is 0.764. The topological polar surface area (TPSA) is 79.5 Å². The molecule has 2 aromatic carbocycles. The van der Waals surface area contributed by atoms with Gasteiger partial charge in [0.2, 0.25) is 5.91 Å². The van der Waals surface area contributed by atoms with E-state index in [2.05, 4.69) is 29.8 Å². The first-order chi connectivity index (χ1) is 13.0. The third kappa shape index (κ3) is 6.66. The van der Waals surface area contributed by atoms with Crippen LogP contribution in [0.25, 0.3) is 0 Å². The van der Waals surface area contributed by atoms with Crippen molar-refractivity contribution in [3.05, 3.63) is 54.1 Å². The van der Waals surface area contributed by atoms with E-state index < -0.39 is 0 Å². The third-order valence-electron chi connectivity index (χ3n) is 3.64. The Bertz CT molecular complexity index is 775. The molecule has 0 atom stereocenters. The number of amides is 2. The first-order valence-electron chi connectivity index (χ1n) is 9.13. The van der Waals surface area contributed by atoms with E-state index in [0.717, 1.165) is 11.4 Å². The van der Waals surface area contributed by atoms with E-state index in [-0.39, 0.29) is 18.4 Å². The monoisotopic (exact) mass is 369 g/mol. The summed E-state index contributed by atoms with van der Waals surface area (Å²) in [6, 6.07) is 14.4. The highest BCUT2D eigenvalue weighted by Gasteiger charge is 2.09. The third-order valence-corrected chi connectivity index (χ3v) is 3.64. The van der Waals surface area contributed by atoms with Gasteiger partial charge >= 0.3 is 0 Å². The van der Waals surface area contributed by atoms with E-state index in [4.69, 9.17) is 4.74 Å². The molecule has 2 rings (SSSR count). The lowest BCUT2D eigenvalue weighted by Crippen LogP contribution is -2.24. The van der Waals surface area contributed by atoms with Gasteiger partial charge in [-0.15, -0.1) is 0 Å². The molecule has 0 aliphatic heterocycles. The molecule has 0 saturated carbocycles. The fourth-order valence-corrected chi connectivity index (χ4v) is 2.38. The van der Waals surface area contributed by atoms with Crippen molar-refractivity contribution in [1.29, 1.82) is 0 Å². The molecule has 0 aliphatic rings. The summed E-state index contributed by atoms with van der Waals surface area (Å²) in [6.07, 6.45) is 0. The SMILES string of the molecule is CCNC(=O)c1cccc(NC(=O)CNc2ccccc2OCC(C)C)c1. The van der Waals surface area contributed by atoms with E-state index in [0.29, 0.717) is 30.3 Å². The van der Waals surface area contributed by atoms with Crippen LogP contribution >= 0.6 is 0 Å². The molecule has 0 saturated heterocycles. The Morgan fingerprint density at radius 3 is 2.59 bits per heavy atom. The molecule has 0 spiro atoms. The van der Waals surface area contributed by atoms with Crippen molar-refractivity contribution < 1.29 is 14.3 Å². The Hall–Kier alpha value is -3.02. The molecular formula is C21H27N3O3. The van der Waals surface area contributed by atoms with Gasteiger partial charge < -0.3 is 20.7 Å². The van der Waals surface area contributed by atoms with E-state index >= 15 is 0 Å². The first-order valence-corrected chi connectivity index (χ1v) is 9.13. The Morgan fingerprint density at radius 2 is 1.85 bits per heavy atom. The maximum Gasteiger partial charge on any atom is 0.251 e. The first kappa shape index (κ1) is 20.3. The van der Waals surface area contributed by atoms with Crippen molar-refractivity contribution in [3.8, 4) is 5.75 Å². The van der Waals surface area contributed by atoms with Crippen LogP contribution in [0.15, 0.2) is 48.5 Å². The molecule has 0 fully saturated rings. The number of para-hydroxylation sites is 2. The van der Waals surface area contributed by atoms with Crippen LogP contribution in [0, 0.1) is 5.92 Å². The Morgan fingerprint density at radius 1 is 1.07 bits per heavy atom. The molecule has 0 radical (unpaired) electrons. The summed E-state index contributed by atoms with van der Waals surface area (Å²) in [4.78, 5) is 24.1. The number of benzene rings is 2. The van der Waals surface area contributed by atoms with Crippen molar-refractivity contribution in [3.63, 3.8) is 0 Å². The van der Waals surface area contributed by atoms with Crippen LogP contribution in [0.5, 0.6) is 5.75 Å². The van der Waals surface area contributed by atoms with Crippen LogP contribution < -0.4 is 20.7 Å². The van der Waals surface area contributed by atoms with Crippen molar-refractivity contribution in [2.24, 2.45) is 5.92 Å². The molecule has 0 aromatic heterocycles. The number of hydrogen-bond donors (Lipinski definition) is 3. The minimum atomic E-state index is -0.207. The highest BCUT2D eigenvalue weighted by molar-refractivity contribution is 5.98. The minimum absolute atomic E-state index is 0.0907.